The average molecular weight is 317 g/mol. The summed E-state index contributed by atoms with van der Waals surface area (Å²) in [6.07, 6.45) is -1.95. The number of anilines is 1. The molecule has 1 N–H and O–H groups in total. The average Bonchev–Trinajstić information content (AvgIpc) is 2.60. The fraction of sp³-hybridized carbons (Fsp3) is 0.625. The third-order valence-electron chi connectivity index (χ3n) is 3.95. The van der Waals surface area contributed by atoms with Crippen molar-refractivity contribution in [3.05, 3.63) is 24.3 Å². The molecule has 0 amide bonds. The monoisotopic (exact) mass is 317 g/mol. The fourth-order valence-corrected chi connectivity index (χ4v) is 3.93. The van der Waals surface area contributed by atoms with Gasteiger partial charge in [-0.25, -0.2) is 0 Å². The van der Waals surface area contributed by atoms with E-state index < -0.39 is 11.9 Å². The maximum Gasteiger partial charge on any atom is 0.398 e. The quantitative estimate of drug-likeness (QED) is 0.728. The van der Waals surface area contributed by atoms with Gasteiger partial charge in [-0.2, -0.15) is 13.2 Å². The Bertz CT molecular complexity index is 485. The molecule has 0 aliphatic heterocycles. The number of benzene rings is 1. The third kappa shape index (κ3) is 4.83. The zero-order valence-corrected chi connectivity index (χ0v) is 13.4. The number of thioether (sulfide) groups is 1. The van der Waals surface area contributed by atoms with Crippen LogP contribution in [0.25, 0.3) is 0 Å². The molecule has 2 atom stereocenters. The van der Waals surface area contributed by atoms with Crippen molar-refractivity contribution >= 4 is 17.4 Å². The molecule has 1 aliphatic carbocycles. The molecule has 1 aromatic rings. The summed E-state index contributed by atoms with van der Waals surface area (Å²) in [5.74, 6) is -0.321. The van der Waals surface area contributed by atoms with E-state index in [0.717, 1.165) is 30.3 Å². The Balaban J connectivity index is 2.07. The van der Waals surface area contributed by atoms with Crippen molar-refractivity contribution in [2.24, 2.45) is 11.3 Å². The molecule has 2 rings (SSSR count). The Kier molecular flexibility index (Phi) is 4.81. The second-order valence-electron chi connectivity index (χ2n) is 6.70. The van der Waals surface area contributed by atoms with Crippen LogP contribution in [0.3, 0.4) is 0 Å². The molecule has 0 heterocycles. The molecule has 118 valence electrons. The molecular weight excluding hydrogens is 295 g/mol. The fourth-order valence-electron chi connectivity index (χ4n) is 3.16. The van der Waals surface area contributed by atoms with Gasteiger partial charge < -0.3 is 5.32 Å². The number of alkyl halides is 3. The van der Waals surface area contributed by atoms with E-state index in [1.54, 1.807) is 12.1 Å². The number of para-hydroxylation sites is 1. The predicted octanol–water partition coefficient (Wildman–Crippen LogP) is 5.58. The maximum atomic E-state index is 12.4. The first kappa shape index (κ1) is 16.5. The molecular formula is C16H22F3NS. The van der Waals surface area contributed by atoms with Gasteiger partial charge in [0.1, 0.15) is 0 Å². The Morgan fingerprint density at radius 2 is 1.90 bits per heavy atom. The van der Waals surface area contributed by atoms with Gasteiger partial charge in [-0.05, 0) is 36.3 Å². The normalized spacial score (nSPS) is 25.0. The molecule has 0 bridgehead atoms. The summed E-state index contributed by atoms with van der Waals surface area (Å²) in [4.78, 5) is 0.673. The molecule has 1 aliphatic rings. The highest BCUT2D eigenvalue weighted by atomic mass is 32.2. The van der Waals surface area contributed by atoms with Crippen molar-refractivity contribution in [2.45, 2.75) is 50.7 Å². The number of hydrogen-bond donors (Lipinski definition) is 1. The van der Waals surface area contributed by atoms with Crippen LogP contribution in [0, 0.1) is 11.3 Å². The van der Waals surface area contributed by atoms with Crippen molar-refractivity contribution in [1.29, 1.82) is 0 Å². The molecule has 1 saturated carbocycles. The molecule has 1 fully saturated rings. The first-order valence-corrected chi connectivity index (χ1v) is 8.20. The van der Waals surface area contributed by atoms with Gasteiger partial charge in [-0.15, -0.1) is 11.8 Å². The van der Waals surface area contributed by atoms with Gasteiger partial charge in [-0.1, -0.05) is 32.9 Å². The van der Waals surface area contributed by atoms with Gasteiger partial charge in [0.05, 0.1) is 5.75 Å². The second kappa shape index (κ2) is 6.11. The van der Waals surface area contributed by atoms with Gasteiger partial charge in [0.15, 0.2) is 0 Å². The van der Waals surface area contributed by atoms with Crippen molar-refractivity contribution in [1.82, 2.24) is 0 Å². The standard InChI is InChI=1S/C16H22F3NS/c1-11-8-15(2,3)9-13(11)20-12-6-4-5-7-14(12)21-10-16(17,18)19/h4-7,11,13,20H,8-10H2,1-3H3. The Labute approximate surface area is 128 Å². The largest absolute Gasteiger partial charge is 0.398 e. The minimum atomic E-state index is -4.14. The lowest BCUT2D eigenvalue weighted by molar-refractivity contribution is -0.105. The van der Waals surface area contributed by atoms with Crippen LogP contribution >= 0.6 is 11.8 Å². The van der Waals surface area contributed by atoms with Gasteiger partial charge >= 0.3 is 6.18 Å². The van der Waals surface area contributed by atoms with Crippen LogP contribution in [-0.2, 0) is 0 Å². The lowest BCUT2D eigenvalue weighted by atomic mass is 9.91. The van der Waals surface area contributed by atoms with E-state index in [1.807, 2.05) is 12.1 Å². The van der Waals surface area contributed by atoms with Crippen LogP contribution in [0.1, 0.15) is 33.6 Å². The van der Waals surface area contributed by atoms with Crippen LogP contribution in [0.2, 0.25) is 0 Å². The van der Waals surface area contributed by atoms with Crippen molar-refractivity contribution in [3.8, 4) is 0 Å². The molecule has 1 nitrogen and oxygen atoms in total. The van der Waals surface area contributed by atoms with Crippen LogP contribution < -0.4 is 5.32 Å². The first-order chi connectivity index (χ1) is 9.66. The molecule has 2 unspecified atom stereocenters. The first-order valence-electron chi connectivity index (χ1n) is 7.21. The summed E-state index contributed by atoms with van der Waals surface area (Å²) >= 11 is 0.851. The summed E-state index contributed by atoms with van der Waals surface area (Å²) in [6, 6.07) is 7.60. The van der Waals surface area contributed by atoms with E-state index in [1.165, 1.54) is 0 Å². The van der Waals surface area contributed by atoms with Crippen molar-refractivity contribution < 1.29 is 13.2 Å². The molecule has 0 spiro atoms. The highest BCUT2D eigenvalue weighted by Gasteiger charge is 2.36. The van der Waals surface area contributed by atoms with Gasteiger partial charge in [-0.3, -0.25) is 0 Å². The lowest BCUT2D eigenvalue weighted by Gasteiger charge is -2.21. The summed E-state index contributed by atoms with van der Waals surface area (Å²) in [5.41, 5.74) is 1.12. The Morgan fingerprint density at radius 3 is 2.48 bits per heavy atom. The van der Waals surface area contributed by atoms with Crippen LogP contribution in [-0.4, -0.2) is 18.0 Å². The zero-order chi connectivity index (χ0) is 15.7. The molecule has 21 heavy (non-hydrogen) atoms. The van der Waals surface area contributed by atoms with Crippen LogP contribution in [0.4, 0.5) is 18.9 Å². The number of hydrogen-bond acceptors (Lipinski definition) is 2. The van der Waals surface area contributed by atoms with Gasteiger partial charge in [0, 0.05) is 16.6 Å². The summed E-state index contributed by atoms with van der Waals surface area (Å²) in [6.45, 7) is 6.70. The van der Waals surface area contributed by atoms with E-state index >= 15 is 0 Å². The second-order valence-corrected chi connectivity index (χ2v) is 7.72. The van der Waals surface area contributed by atoms with E-state index in [-0.39, 0.29) is 0 Å². The summed E-state index contributed by atoms with van der Waals surface area (Å²) in [5, 5.41) is 3.46. The molecule has 1 aromatic carbocycles. The van der Waals surface area contributed by atoms with Gasteiger partial charge in [0.25, 0.3) is 0 Å². The minimum Gasteiger partial charge on any atom is -0.381 e. The molecule has 0 aromatic heterocycles. The SMILES string of the molecule is CC1CC(C)(C)CC1Nc1ccccc1SCC(F)(F)F. The summed E-state index contributed by atoms with van der Waals surface area (Å²) < 4.78 is 37.2. The Morgan fingerprint density at radius 1 is 1.24 bits per heavy atom. The van der Waals surface area contributed by atoms with Crippen LogP contribution in [0.15, 0.2) is 29.2 Å². The minimum absolute atomic E-state index is 0.297. The topological polar surface area (TPSA) is 12.0 Å². The number of rotatable bonds is 4. The predicted molar refractivity (Wildman–Crippen MR) is 82.8 cm³/mol. The number of halogens is 3. The zero-order valence-electron chi connectivity index (χ0n) is 12.6. The third-order valence-corrected chi connectivity index (χ3v) is 5.09. The Hall–Kier alpha value is -0.840. The summed E-state index contributed by atoms with van der Waals surface area (Å²) in [7, 11) is 0. The lowest BCUT2D eigenvalue weighted by Crippen LogP contribution is -2.23. The maximum absolute atomic E-state index is 12.4. The highest BCUT2D eigenvalue weighted by molar-refractivity contribution is 7.99. The molecule has 0 saturated heterocycles. The van der Waals surface area contributed by atoms with Crippen molar-refractivity contribution in [3.63, 3.8) is 0 Å². The van der Waals surface area contributed by atoms with Gasteiger partial charge in [0.2, 0.25) is 0 Å². The van der Waals surface area contributed by atoms with E-state index in [2.05, 4.69) is 26.1 Å². The highest BCUT2D eigenvalue weighted by Crippen LogP contribution is 2.43. The van der Waals surface area contributed by atoms with E-state index in [4.69, 9.17) is 0 Å². The molecule has 5 heteroatoms. The smallest absolute Gasteiger partial charge is 0.381 e. The van der Waals surface area contributed by atoms with E-state index in [9.17, 15) is 13.2 Å². The van der Waals surface area contributed by atoms with Crippen LogP contribution in [0.5, 0.6) is 0 Å². The van der Waals surface area contributed by atoms with E-state index in [0.29, 0.717) is 22.3 Å². The molecule has 0 radical (unpaired) electrons. The van der Waals surface area contributed by atoms with Crippen molar-refractivity contribution in [2.75, 3.05) is 11.1 Å². The number of nitrogens with one attached hydrogen (secondary N) is 1.